The average molecular weight is 651 g/mol. The van der Waals surface area contributed by atoms with Crippen molar-refractivity contribution in [1.29, 1.82) is 0 Å². The molecule has 1 aliphatic rings. The van der Waals surface area contributed by atoms with Crippen LogP contribution in [0.1, 0.15) is 52.6 Å². The van der Waals surface area contributed by atoms with Crippen LogP contribution < -0.4 is 0 Å². The first-order valence-electron chi connectivity index (χ1n) is 13.1. The minimum absolute atomic E-state index is 0.127. The summed E-state index contributed by atoms with van der Waals surface area (Å²) in [6, 6.07) is 3.74. The van der Waals surface area contributed by atoms with Gasteiger partial charge in [-0.25, -0.2) is 13.2 Å². The standard InChI is InChI=1S/C30H21F12N3/c31-25-7-1-4-22(28(34,35)36)19(25)13-43-16-10-17(44-14-20-23(29(37,38)39)5-2-8-26(20)32)12-18(11-16)45-15-21-24(30(40,41)42)6-3-9-27(21)33/h1-9,13-18H,10-12H2. The molecule has 0 saturated heterocycles. The maximum Gasteiger partial charge on any atom is 0.417 e. The highest BCUT2D eigenvalue weighted by molar-refractivity contribution is 5.84. The van der Waals surface area contributed by atoms with E-state index in [4.69, 9.17) is 0 Å². The average Bonchev–Trinajstić information content (AvgIpc) is 2.93. The molecule has 0 radical (unpaired) electrons. The molecule has 4 rings (SSSR count). The van der Waals surface area contributed by atoms with E-state index in [1.807, 2.05) is 0 Å². The predicted octanol–water partition coefficient (Wildman–Crippen LogP) is 9.11. The van der Waals surface area contributed by atoms with Gasteiger partial charge in [0.05, 0.1) is 34.8 Å². The number of halogens is 12. The van der Waals surface area contributed by atoms with Crippen molar-refractivity contribution in [2.75, 3.05) is 0 Å². The van der Waals surface area contributed by atoms with Gasteiger partial charge in [0.2, 0.25) is 0 Å². The lowest BCUT2D eigenvalue weighted by Gasteiger charge is -2.29. The number of benzene rings is 3. The molecule has 1 aliphatic carbocycles. The molecule has 0 N–H and O–H groups in total. The third-order valence-corrected chi connectivity index (χ3v) is 6.95. The molecule has 1 fully saturated rings. The Kier molecular flexibility index (Phi) is 9.78. The summed E-state index contributed by atoms with van der Waals surface area (Å²) in [5.74, 6) is -3.73. The zero-order chi connectivity index (χ0) is 33.2. The first kappa shape index (κ1) is 33.7. The van der Waals surface area contributed by atoms with Crippen molar-refractivity contribution in [3.63, 3.8) is 0 Å². The van der Waals surface area contributed by atoms with Gasteiger partial charge in [-0.05, 0) is 55.7 Å². The molecule has 3 aromatic rings. The second-order valence-corrected chi connectivity index (χ2v) is 10.1. The van der Waals surface area contributed by atoms with Gasteiger partial charge >= 0.3 is 18.5 Å². The predicted molar refractivity (Wildman–Crippen MR) is 142 cm³/mol. The maximum atomic E-state index is 14.4. The van der Waals surface area contributed by atoms with Crippen LogP contribution in [-0.2, 0) is 18.5 Å². The highest BCUT2D eigenvalue weighted by Crippen LogP contribution is 2.35. The van der Waals surface area contributed by atoms with Crippen LogP contribution in [0.25, 0.3) is 0 Å². The van der Waals surface area contributed by atoms with E-state index in [9.17, 15) is 52.7 Å². The van der Waals surface area contributed by atoms with Crippen LogP contribution in [0.3, 0.4) is 0 Å². The summed E-state index contributed by atoms with van der Waals surface area (Å²) < 4.78 is 164. The maximum absolute atomic E-state index is 14.4. The summed E-state index contributed by atoms with van der Waals surface area (Å²) in [5, 5.41) is 0. The normalized spacial score (nSPS) is 20.1. The van der Waals surface area contributed by atoms with Gasteiger partial charge in [0.15, 0.2) is 0 Å². The molecule has 45 heavy (non-hydrogen) atoms. The Hall–Kier alpha value is -4.17. The fourth-order valence-corrected chi connectivity index (χ4v) is 4.88. The van der Waals surface area contributed by atoms with Gasteiger partial charge < -0.3 is 0 Å². The number of nitrogens with zero attached hydrogens (tertiary/aromatic N) is 3. The van der Waals surface area contributed by atoms with Crippen molar-refractivity contribution in [3.8, 4) is 0 Å². The molecule has 0 bridgehead atoms. The monoisotopic (exact) mass is 651 g/mol. The van der Waals surface area contributed by atoms with Crippen LogP contribution in [-0.4, -0.2) is 36.8 Å². The van der Waals surface area contributed by atoms with Gasteiger partial charge in [-0.3, -0.25) is 15.0 Å². The fraction of sp³-hybridized carbons (Fsp3) is 0.300. The van der Waals surface area contributed by atoms with Crippen molar-refractivity contribution in [3.05, 3.63) is 105 Å². The SMILES string of the molecule is Fc1cccc(C(F)(F)F)c1C=NC1CC(N=Cc2c(F)cccc2C(F)(F)F)CC(N=Cc2c(F)cccc2C(F)(F)F)C1. The van der Waals surface area contributed by atoms with Gasteiger partial charge in [-0.2, -0.15) is 39.5 Å². The third-order valence-electron chi connectivity index (χ3n) is 6.95. The second kappa shape index (κ2) is 13.1. The van der Waals surface area contributed by atoms with Crippen molar-refractivity contribution < 1.29 is 52.7 Å². The number of hydrogen-bond donors (Lipinski definition) is 0. The summed E-state index contributed by atoms with van der Waals surface area (Å²) in [7, 11) is 0. The summed E-state index contributed by atoms with van der Waals surface area (Å²) in [5.41, 5.74) is -6.66. The first-order valence-corrected chi connectivity index (χ1v) is 13.1. The van der Waals surface area contributed by atoms with E-state index in [-0.39, 0.29) is 19.3 Å². The van der Waals surface area contributed by atoms with Crippen LogP contribution in [0.5, 0.6) is 0 Å². The van der Waals surface area contributed by atoms with E-state index < -0.39 is 87.5 Å². The van der Waals surface area contributed by atoms with Crippen LogP contribution >= 0.6 is 0 Å². The topological polar surface area (TPSA) is 37.1 Å². The molecule has 0 unspecified atom stereocenters. The molecule has 0 amide bonds. The van der Waals surface area contributed by atoms with Gasteiger partial charge in [0, 0.05) is 35.3 Å². The molecule has 1 saturated carbocycles. The Labute approximate surface area is 248 Å². The Morgan fingerprint density at radius 3 is 0.911 bits per heavy atom. The van der Waals surface area contributed by atoms with E-state index in [2.05, 4.69) is 15.0 Å². The minimum atomic E-state index is -4.94. The van der Waals surface area contributed by atoms with Gasteiger partial charge in [0.1, 0.15) is 17.5 Å². The molecular formula is C30H21F12N3. The summed E-state index contributed by atoms with van der Waals surface area (Å²) in [6.07, 6.45) is -13.3. The first-order chi connectivity index (χ1) is 20.9. The largest absolute Gasteiger partial charge is 0.417 e. The minimum Gasteiger partial charge on any atom is -0.289 e. The third kappa shape index (κ3) is 8.31. The van der Waals surface area contributed by atoms with E-state index in [1.54, 1.807) is 0 Å². The van der Waals surface area contributed by atoms with Crippen molar-refractivity contribution in [1.82, 2.24) is 0 Å². The van der Waals surface area contributed by atoms with E-state index in [0.29, 0.717) is 36.8 Å². The van der Waals surface area contributed by atoms with Crippen LogP contribution in [0.4, 0.5) is 52.7 Å². The highest BCUT2D eigenvalue weighted by atomic mass is 19.4. The number of hydrogen-bond acceptors (Lipinski definition) is 3. The number of aliphatic imine (C=N–C) groups is 3. The van der Waals surface area contributed by atoms with Gasteiger partial charge in [-0.15, -0.1) is 0 Å². The second-order valence-electron chi connectivity index (χ2n) is 10.1. The molecule has 3 nitrogen and oxygen atoms in total. The van der Waals surface area contributed by atoms with Crippen LogP contribution in [0, 0.1) is 17.5 Å². The van der Waals surface area contributed by atoms with Gasteiger partial charge in [0.25, 0.3) is 0 Å². The van der Waals surface area contributed by atoms with Crippen LogP contribution in [0.2, 0.25) is 0 Å². The van der Waals surface area contributed by atoms with Crippen molar-refractivity contribution >= 4 is 18.6 Å². The zero-order valence-corrected chi connectivity index (χ0v) is 22.7. The lowest BCUT2D eigenvalue weighted by Crippen LogP contribution is -2.31. The summed E-state index contributed by atoms with van der Waals surface area (Å²) >= 11 is 0. The lowest BCUT2D eigenvalue weighted by atomic mass is 9.87. The quantitative estimate of drug-likeness (QED) is 0.189. The molecule has 0 heterocycles. The number of alkyl halides is 9. The Balaban J connectivity index is 1.70. The molecule has 0 aromatic heterocycles. The molecule has 0 aliphatic heterocycles. The van der Waals surface area contributed by atoms with E-state index >= 15 is 0 Å². The van der Waals surface area contributed by atoms with Crippen LogP contribution in [0.15, 0.2) is 69.6 Å². The van der Waals surface area contributed by atoms with Gasteiger partial charge in [-0.1, -0.05) is 18.2 Å². The summed E-state index contributed by atoms with van der Waals surface area (Å²) in [6.45, 7) is 0. The van der Waals surface area contributed by atoms with E-state index in [0.717, 1.165) is 36.4 Å². The zero-order valence-electron chi connectivity index (χ0n) is 22.7. The summed E-state index contributed by atoms with van der Waals surface area (Å²) in [4.78, 5) is 12.1. The van der Waals surface area contributed by atoms with Crippen molar-refractivity contribution in [2.45, 2.75) is 55.9 Å². The molecule has 240 valence electrons. The van der Waals surface area contributed by atoms with E-state index in [1.165, 1.54) is 0 Å². The molecule has 0 atom stereocenters. The molecule has 0 spiro atoms. The van der Waals surface area contributed by atoms with Crippen molar-refractivity contribution in [2.24, 2.45) is 15.0 Å². The molecule has 15 heteroatoms. The highest BCUT2D eigenvalue weighted by Gasteiger charge is 2.37. The molecular weight excluding hydrogens is 630 g/mol. The lowest BCUT2D eigenvalue weighted by molar-refractivity contribution is -0.138. The fourth-order valence-electron chi connectivity index (χ4n) is 4.88. The smallest absolute Gasteiger partial charge is 0.289 e. The number of rotatable bonds is 6. The molecule has 3 aromatic carbocycles. The Morgan fingerprint density at radius 1 is 0.444 bits per heavy atom. The Morgan fingerprint density at radius 2 is 0.689 bits per heavy atom. The Bertz CT molecular complexity index is 1410.